The molecule has 6 nitrogen and oxygen atoms in total. The second-order valence-electron chi connectivity index (χ2n) is 12.8. The monoisotopic (exact) mass is 424 g/mol. The molecule has 6 unspecified atom stereocenters. The summed E-state index contributed by atoms with van der Waals surface area (Å²) in [6, 6.07) is 0. The molecule has 5 fully saturated rings. The highest BCUT2D eigenvalue weighted by atomic mass is 16.8. The maximum Gasteiger partial charge on any atom is 0.170 e. The lowest BCUT2D eigenvalue weighted by Crippen LogP contribution is -2.61. The topological polar surface area (TPSA) is 77.4 Å². The van der Waals surface area contributed by atoms with Crippen molar-refractivity contribution >= 4 is 0 Å². The summed E-state index contributed by atoms with van der Waals surface area (Å²) in [7, 11) is 0. The van der Waals surface area contributed by atoms with Crippen molar-refractivity contribution in [3.05, 3.63) is 0 Å². The van der Waals surface area contributed by atoms with E-state index in [9.17, 15) is 10.2 Å². The predicted octanol–water partition coefficient (Wildman–Crippen LogP) is 3.37. The van der Waals surface area contributed by atoms with Gasteiger partial charge in [-0.25, -0.2) is 0 Å². The highest BCUT2D eigenvalue weighted by Crippen LogP contribution is 2.56. The van der Waals surface area contributed by atoms with Gasteiger partial charge >= 0.3 is 0 Å². The summed E-state index contributed by atoms with van der Waals surface area (Å²) >= 11 is 0. The third kappa shape index (κ3) is 3.46. The maximum atomic E-state index is 11.3. The average molecular weight is 425 g/mol. The van der Waals surface area contributed by atoms with Gasteiger partial charge in [0.2, 0.25) is 0 Å². The molecule has 2 N–H and O–H groups in total. The van der Waals surface area contributed by atoms with Gasteiger partial charge in [-0.3, -0.25) is 0 Å². The molecular weight excluding hydrogens is 384 g/mol. The molecule has 0 bridgehead atoms. The lowest BCUT2D eigenvalue weighted by Gasteiger charge is -2.45. The molecule has 0 aromatic carbocycles. The molecular formula is C24H40O6. The standard InChI is InChI=1S/C24H40O6/c1-13-7-21(3,4)11-23(9-13)27-17-15(25)19-20(16(26)18(17)28-23)30-24(29-19)10-14(2)8-22(5,6)12-24/h13-20,25-26H,7-12H2,1-6H3/t13?,14?,15?,16?,17-,18-,19-,20+,23?,24?/m0/s1. The lowest BCUT2D eigenvalue weighted by atomic mass is 9.70. The molecule has 0 aromatic heterocycles. The molecule has 0 radical (unpaired) electrons. The predicted molar refractivity (Wildman–Crippen MR) is 111 cm³/mol. The molecule has 2 heterocycles. The Bertz CT molecular complexity index is 607. The summed E-state index contributed by atoms with van der Waals surface area (Å²) in [5.74, 6) is -0.555. The van der Waals surface area contributed by atoms with Gasteiger partial charge in [-0.05, 0) is 35.5 Å². The molecule has 6 heteroatoms. The van der Waals surface area contributed by atoms with E-state index in [0.29, 0.717) is 11.8 Å². The first-order valence-electron chi connectivity index (χ1n) is 11.9. The molecule has 2 spiro atoms. The van der Waals surface area contributed by atoms with Crippen LogP contribution in [-0.2, 0) is 18.9 Å². The van der Waals surface area contributed by atoms with E-state index in [-0.39, 0.29) is 10.8 Å². The summed E-state index contributed by atoms with van der Waals surface area (Å²) in [5, 5.41) is 22.5. The smallest absolute Gasteiger partial charge is 0.170 e. The fraction of sp³-hybridized carbons (Fsp3) is 1.00. The van der Waals surface area contributed by atoms with Gasteiger partial charge in [0.15, 0.2) is 11.6 Å². The molecule has 0 aromatic rings. The Labute approximate surface area is 180 Å². The fourth-order valence-corrected chi connectivity index (χ4v) is 7.94. The minimum absolute atomic E-state index is 0.0951. The van der Waals surface area contributed by atoms with Crippen molar-refractivity contribution in [1.29, 1.82) is 0 Å². The lowest BCUT2D eigenvalue weighted by molar-refractivity contribution is -0.247. The van der Waals surface area contributed by atoms with E-state index in [4.69, 9.17) is 18.9 Å². The summed E-state index contributed by atoms with van der Waals surface area (Å²) in [4.78, 5) is 0. The number of rotatable bonds is 0. The molecule has 2 saturated heterocycles. The van der Waals surface area contributed by atoms with Crippen LogP contribution >= 0.6 is 0 Å². The summed E-state index contributed by atoms with van der Waals surface area (Å²) < 4.78 is 25.8. The Morgan fingerprint density at radius 3 is 1.13 bits per heavy atom. The molecule has 2 aliphatic heterocycles. The van der Waals surface area contributed by atoms with Gasteiger partial charge in [-0.1, -0.05) is 41.5 Å². The first kappa shape index (κ1) is 21.6. The van der Waals surface area contributed by atoms with Crippen molar-refractivity contribution < 1.29 is 29.2 Å². The van der Waals surface area contributed by atoms with E-state index in [1.54, 1.807) is 0 Å². The van der Waals surface area contributed by atoms with Gasteiger partial charge in [0.25, 0.3) is 0 Å². The Morgan fingerprint density at radius 1 is 0.567 bits per heavy atom. The molecule has 5 aliphatic rings. The van der Waals surface area contributed by atoms with Gasteiger partial charge in [-0.2, -0.15) is 0 Å². The first-order valence-corrected chi connectivity index (χ1v) is 11.9. The van der Waals surface area contributed by atoms with E-state index in [0.717, 1.165) is 38.5 Å². The van der Waals surface area contributed by atoms with Crippen LogP contribution in [0.3, 0.4) is 0 Å². The molecule has 0 amide bonds. The van der Waals surface area contributed by atoms with E-state index < -0.39 is 48.2 Å². The van der Waals surface area contributed by atoms with Gasteiger partial charge in [0, 0.05) is 25.7 Å². The zero-order valence-electron chi connectivity index (χ0n) is 19.4. The summed E-state index contributed by atoms with van der Waals surface area (Å²) in [6.07, 6.45) is 1.25. The number of aliphatic hydroxyl groups excluding tert-OH is 2. The van der Waals surface area contributed by atoms with Crippen molar-refractivity contribution in [2.24, 2.45) is 22.7 Å². The van der Waals surface area contributed by atoms with Gasteiger partial charge in [0.1, 0.15) is 36.6 Å². The van der Waals surface area contributed by atoms with Crippen LogP contribution in [0.4, 0.5) is 0 Å². The van der Waals surface area contributed by atoms with Crippen LogP contribution in [0.2, 0.25) is 0 Å². The largest absolute Gasteiger partial charge is 0.387 e. The Morgan fingerprint density at radius 2 is 0.867 bits per heavy atom. The Balaban J connectivity index is 1.38. The number of hydrogen-bond donors (Lipinski definition) is 2. The zero-order chi connectivity index (χ0) is 21.7. The highest BCUT2D eigenvalue weighted by molar-refractivity contribution is 5.11. The first-order chi connectivity index (χ1) is 13.8. The minimum atomic E-state index is -0.872. The van der Waals surface area contributed by atoms with Gasteiger partial charge < -0.3 is 29.2 Å². The zero-order valence-corrected chi connectivity index (χ0v) is 19.4. The van der Waals surface area contributed by atoms with Gasteiger partial charge in [0.05, 0.1) is 0 Å². The molecule has 10 atom stereocenters. The maximum absolute atomic E-state index is 11.3. The summed E-state index contributed by atoms with van der Waals surface area (Å²) in [5.41, 5.74) is 0.190. The third-order valence-electron chi connectivity index (χ3n) is 8.01. The fourth-order valence-electron chi connectivity index (χ4n) is 7.94. The number of hydrogen-bond acceptors (Lipinski definition) is 6. The van der Waals surface area contributed by atoms with Crippen LogP contribution in [0.5, 0.6) is 0 Å². The molecule has 172 valence electrons. The molecule has 30 heavy (non-hydrogen) atoms. The average Bonchev–Trinajstić information content (AvgIpc) is 3.08. The van der Waals surface area contributed by atoms with Crippen molar-refractivity contribution in [2.45, 2.75) is 128 Å². The molecule has 5 rings (SSSR count). The Hall–Kier alpha value is -0.240. The second kappa shape index (κ2) is 6.64. The Kier molecular flexibility index (Phi) is 4.78. The van der Waals surface area contributed by atoms with E-state index in [1.165, 1.54) is 0 Å². The highest BCUT2D eigenvalue weighted by Gasteiger charge is 2.67. The normalized spacial score (nSPS) is 56.8. The van der Waals surface area contributed by atoms with Crippen LogP contribution in [-0.4, -0.2) is 58.4 Å². The number of ether oxygens (including phenoxy) is 4. The number of fused-ring (bicyclic) bond motifs is 2. The second-order valence-corrected chi connectivity index (χ2v) is 12.8. The van der Waals surface area contributed by atoms with Crippen molar-refractivity contribution in [2.75, 3.05) is 0 Å². The van der Waals surface area contributed by atoms with Gasteiger partial charge in [-0.15, -0.1) is 0 Å². The molecule has 3 aliphatic carbocycles. The van der Waals surface area contributed by atoms with E-state index >= 15 is 0 Å². The quantitative estimate of drug-likeness (QED) is 0.621. The minimum Gasteiger partial charge on any atom is -0.387 e. The third-order valence-corrected chi connectivity index (χ3v) is 8.01. The van der Waals surface area contributed by atoms with Crippen LogP contribution in [0, 0.1) is 22.7 Å². The van der Waals surface area contributed by atoms with Crippen molar-refractivity contribution in [1.82, 2.24) is 0 Å². The van der Waals surface area contributed by atoms with Crippen LogP contribution < -0.4 is 0 Å². The van der Waals surface area contributed by atoms with Crippen molar-refractivity contribution in [3.63, 3.8) is 0 Å². The van der Waals surface area contributed by atoms with E-state index in [1.807, 2.05) is 0 Å². The molecule has 3 saturated carbocycles. The van der Waals surface area contributed by atoms with Crippen LogP contribution in [0.15, 0.2) is 0 Å². The van der Waals surface area contributed by atoms with Crippen LogP contribution in [0.25, 0.3) is 0 Å². The SMILES string of the molecule is CC1CC(C)(C)CC2(C1)O[C@@H]1C(O)[C@@H]3OC4(CC(C)CC(C)(C)C4)O[C@H]3C(O)[C@@H]1O2. The van der Waals surface area contributed by atoms with E-state index in [2.05, 4.69) is 41.5 Å². The number of aliphatic hydroxyl groups is 2. The summed E-state index contributed by atoms with van der Waals surface area (Å²) in [6.45, 7) is 13.4. The van der Waals surface area contributed by atoms with Crippen LogP contribution in [0.1, 0.15) is 80.1 Å². The van der Waals surface area contributed by atoms with Crippen molar-refractivity contribution in [3.8, 4) is 0 Å².